The van der Waals surface area contributed by atoms with Gasteiger partial charge in [-0.15, -0.1) is 13.2 Å². The van der Waals surface area contributed by atoms with Crippen molar-refractivity contribution in [1.29, 1.82) is 0 Å². The average molecular weight is 476 g/mol. The summed E-state index contributed by atoms with van der Waals surface area (Å²) in [5.74, 6) is 6.85. The van der Waals surface area contributed by atoms with Crippen molar-refractivity contribution in [2.45, 2.75) is 19.2 Å². The maximum absolute atomic E-state index is 12.4. The number of alkyl halides is 3. The number of pyridine rings is 1. The second-order valence-corrected chi connectivity index (χ2v) is 8.00. The lowest BCUT2D eigenvalue weighted by Crippen LogP contribution is -2.16. The van der Waals surface area contributed by atoms with Gasteiger partial charge in [-0.1, -0.05) is 12.0 Å². The molecule has 4 aromatic rings. The first-order valence-corrected chi connectivity index (χ1v) is 10.9. The largest absolute Gasteiger partial charge is 0.573 e. The molecular weight excluding hydrogens is 457 g/mol. The zero-order valence-electron chi connectivity index (χ0n) is 18.3. The van der Waals surface area contributed by atoms with E-state index in [2.05, 4.69) is 36.8 Å². The highest BCUT2D eigenvalue weighted by Gasteiger charge is 2.31. The summed E-state index contributed by atoms with van der Waals surface area (Å²) in [6.45, 7) is 0.948. The molecule has 1 saturated carbocycles. The van der Waals surface area contributed by atoms with Crippen LogP contribution in [0, 0.1) is 17.8 Å². The second kappa shape index (κ2) is 9.50. The molecule has 1 aliphatic carbocycles. The highest BCUT2D eigenvalue weighted by atomic mass is 19.4. The molecule has 9 heteroatoms. The van der Waals surface area contributed by atoms with E-state index >= 15 is 0 Å². The molecule has 6 nitrogen and oxygen atoms in total. The Labute approximate surface area is 199 Å². The Morgan fingerprint density at radius 2 is 1.74 bits per heavy atom. The van der Waals surface area contributed by atoms with Gasteiger partial charge in [-0.2, -0.15) is 0 Å². The van der Waals surface area contributed by atoms with Crippen molar-refractivity contribution in [3.05, 3.63) is 78.1 Å². The van der Waals surface area contributed by atoms with E-state index in [0.717, 1.165) is 35.8 Å². The van der Waals surface area contributed by atoms with E-state index in [1.807, 2.05) is 24.3 Å². The van der Waals surface area contributed by atoms with Crippen LogP contribution in [0.3, 0.4) is 0 Å². The molecule has 0 radical (unpaired) electrons. The number of fused-ring (bicyclic) bond motifs is 1. The maximum Gasteiger partial charge on any atom is 0.573 e. The van der Waals surface area contributed by atoms with Crippen molar-refractivity contribution in [3.8, 4) is 29.2 Å². The molecular formula is C26H19F3N4O2. The van der Waals surface area contributed by atoms with E-state index in [-0.39, 0.29) is 23.1 Å². The average Bonchev–Trinajstić information content (AvgIpc) is 3.67. The predicted octanol–water partition coefficient (Wildman–Crippen LogP) is 5.94. The van der Waals surface area contributed by atoms with E-state index in [0.29, 0.717) is 11.2 Å². The van der Waals surface area contributed by atoms with Gasteiger partial charge >= 0.3 is 6.36 Å². The van der Waals surface area contributed by atoms with Crippen LogP contribution in [0.15, 0.2) is 66.9 Å². The topological polar surface area (TPSA) is 69.2 Å². The molecule has 5 rings (SSSR count). The number of hydrogen-bond donors (Lipinski definition) is 1. The van der Waals surface area contributed by atoms with Crippen molar-refractivity contribution in [1.82, 2.24) is 15.0 Å². The van der Waals surface area contributed by atoms with Gasteiger partial charge in [0.25, 0.3) is 5.88 Å². The first-order chi connectivity index (χ1) is 16.9. The highest BCUT2D eigenvalue weighted by Crippen LogP contribution is 2.30. The number of anilines is 1. The fourth-order valence-electron chi connectivity index (χ4n) is 3.27. The molecule has 35 heavy (non-hydrogen) atoms. The Kier molecular flexibility index (Phi) is 6.10. The molecule has 1 aliphatic rings. The standard InChI is InChI=1S/C26H19F3N4O2/c27-26(28,29)35-21-11-9-20(10-12-21)34-25-23(32-24-22(33-25)5-2-14-30-24)13-8-17-3-1-4-19(15-17)31-16-18-6-7-18/h1-5,9-12,14-15,18,31H,6-7,16H2. The van der Waals surface area contributed by atoms with Crippen LogP contribution in [0.4, 0.5) is 18.9 Å². The quantitative estimate of drug-likeness (QED) is 0.348. The Morgan fingerprint density at radius 1 is 0.943 bits per heavy atom. The lowest BCUT2D eigenvalue weighted by molar-refractivity contribution is -0.274. The summed E-state index contributed by atoms with van der Waals surface area (Å²) >= 11 is 0. The minimum absolute atomic E-state index is 0.116. The molecule has 0 atom stereocenters. The molecule has 0 unspecified atom stereocenters. The summed E-state index contributed by atoms with van der Waals surface area (Å²) in [7, 11) is 0. The zero-order valence-corrected chi connectivity index (χ0v) is 18.3. The summed E-state index contributed by atoms with van der Waals surface area (Å²) in [4.78, 5) is 13.2. The number of rotatable bonds is 6. The van der Waals surface area contributed by atoms with Gasteiger partial charge in [0, 0.05) is 24.0 Å². The molecule has 2 aromatic carbocycles. The fraction of sp³-hybridized carbons (Fsp3) is 0.192. The summed E-state index contributed by atoms with van der Waals surface area (Å²) < 4.78 is 47.0. The summed E-state index contributed by atoms with van der Waals surface area (Å²) in [5.41, 5.74) is 2.93. The lowest BCUT2D eigenvalue weighted by Gasteiger charge is -2.10. The van der Waals surface area contributed by atoms with Gasteiger partial charge in [0.1, 0.15) is 17.0 Å². The van der Waals surface area contributed by atoms with Gasteiger partial charge in [0.15, 0.2) is 11.3 Å². The van der Waals surface area contributed by atoms with Crippen molar-refractivity contribution in [2.75, 3.05) is 11.9 Å². The molecule has 2 aromatic heterocycles. The Morgan fingerprint density at radius 3 is 2.51 bits per heavy atom. The second-order valence-electron chi connectivity index (χ2n) is 8.00. The van der Waals surface area contributed by atoms with Gasteiger partial charge in [0.2, 0.25) is 0 Å². The van der Waals surface area contributed by atoms with Crippen LogP contribution in [0.25, 0.3) is 11.2 Å². The summed E-state index contributed by atoms with van der Waals surface area (Å²) in [5, 5.41) is 3.42. The number of halogens is 3. The van der Waals surface area contributed by atoms with Crippen LogP contribution < -0.4 is 14.8 Å². The molecule has 0 bridgehead atoms. The molecule has 1 N–H and O–H groups in total. The molecule has 0 spiro atoms. The third-order valence-corrected chi connectivity index (χ3v) is 5.16. The molecule has 1 fully saturated rings. The van der Waals surface area contributed by atoms with Crippen LogP contribution >= 0.6 is 0 Å². The molecule has 0 saturated heterocycles. The van der Waals surface area contributed by atoms with Gasteiger partial charge in [-0.25, -0.2) is 15.0 Å². The number of hydrogen-bond acceptors (Lipinski definition) is 6. The Balaban J connectivity index is 1.42. The Bertz CT molecular complexity index is 1410. The van der Waals surface area contributed by atoms with Crippen molar-refractivity contribution >= 4 is 16.9 Å². The molecule has 0 aliphatic heterocycles. The molecule has 2 heterocycles. The third kappa shape index (κ3) is 6.18. The van der Waals surface area contributed by atoms with Crippen molar-refractivity contribution in [2.24, 2.45) is 5.92 Å². The smallest absolute Gasteiger partial charge is 0.437 e. The number of nitrogens with zero attached hydrogens (tertiary/aromatic N) is 3. The van der Waals surface area contributed by atoms with E-state index in [1.54, 1.807) is 18.3 Å². The van der Waals surface area contributed by atoms with Gasteiger partial charge in [-0.3, -0.25) is 0 Å². The minimum atomic E-state index is -4.77. The van der Waals surface area contributed by atoms with Crippen LogP contribution in [0.2, 0.25) is 0 Å². The van der Waals surface area contributed by atoms with E-state index < -0.39 is 6.36 Å². The first kappa shape index (κ1) is 22.5. The highest BCUT2D eigenvalue weighted by molar-refractivity contribution is 5.71. The van der Waals surface area contributed by atoms with Crippen molar-refractivity contribution < 1.29 is 22.6 Å². The minimum Gasteiger partial charge on any atom is -0.437 e. The normalized spacial score (nSPS) is 13.1. The summed E-state index contributed by atoms with van der Waals surface area (Å²) in [6.07, 6.45) is -0.639. The lowest BCUT2D eigenvalue weighted by atomic mass is 10.2. The molecule has 176 valence electrons. The fourth-order valence-corrected chi connectivity index (χ4v) is 3.27. The number of nitrogens with one attached hydrogen (secondary N) is 1. The predicted molar refractivity (Wildman–Crippen MR) is 124 cm³/mol. The van der Waals surface area contributed by atoms with Gasteiger partial charge in [-0.05, 0) is 79.3 Å². The molecule has 0 amide bonds. The van der Waals surface area contributed by atoms with E-state index in [4.69, 9.17) is 4.74 Å². The van der Waals surface area contributed by atoms with Crippen LogP contribution in [0.5, 0.6) is 17.4 Å². The van der Waals surface area contributed by atoms with Gasteiger partial charge < -0.3 is 14.8 Å². The van der Waals surface area contributed by atoms with Crippen LogP contribution in [-0.4, -0.2) is 27.9 Å². The third-order valence-electron chi connectivity index (χ3n) is 5.16. The zero-order chi connectivity index (χ0) is 24.3. The van der Waals surface area contributed by atoms with Gasteiger partial charge in [0.05, 0.1) is 0 Å². The van der Waals surface area contributed by atoms with Crippen LogP contribution in [0.1, 0.15) is 24.1 Å². The van der Waals surface area contributed by atoms with E-state index in [9.17, 15) is 13.2 Å². The monoisotopic (exact) mass is 476 g/mol. The number of aromatic nitrogens is 3. The van der Waals surface area contributed by atoms with Crippen molar-refractivity contribution in [3.63, 3.8) is 0 Å². The SMILES string of the molecule is FC(F)(F)Oc1ccc(Oc2nc3cccnc3nc2C#Cc2cccc(NCC3CC3)c2)cc1. The first-order valence-electron chi connectivity index (χ1n) is 10.9. The summed E-state index contributed by atoms with van der Waals surface area (Å²) in [6, 6.07) is 16.2. The van der Waals surface area contributed by atoms with Crippen LogP contribution in [-0.2, 0) is 0 Å². The van der Waals surface area contributed by atoms with E-state index in [1.165, 1.54) is 25.0 Å². The Hall–Kier alpha value is -4.32. The number of benzene rings is 2. The maximum atomic E-state index is 12.4. The number of ether oxygens (including phenoxy) is 2.